The van der Waals surface area contributed by atoms with Gasteiger partial charge in [-0.2, -0.15) is 5.10 Å². The molecule has 0 aliphatic carbocycles. The van der Waals surface area contributed by atoms with E-state index in [-0.39, 0.29) is 0 Å². The van der Waals surface area contributed by atoms with Crippen molar-refractivity contribution in [3.05, 3.63) is 41.2 Å². The molecule has 0 saturated carbocycles. The summed E-state index contributed by atoms with van der Waals surface area (Å²) in [6.07, 6.45) is 0.992. The minimum absolute atomic E-state index is 0.858. The molecule has 0 atom stereocenters. The van der Waals surface area contributed by atoms with Gasteiger partial charge in [0, 0.05) is 28.6 Å². The Morgan fingerprint density at radius 1 is 1.26 bits per heavy atom. The lowest BCUT2D eigenvalue weighted by molar-refractivity contribution is 0.628. The number of aromatic nitrogens is 2. The molecule has 19 heavy (non-hydrogen) atoms. The van der Waals surface area contributed by atoms with E-state index in [0.717, 1.165) is 30.0 Å². The van der Waals surface area contributed by atoms with Gasteiger partial charge in [-0.15, -0.1) is 11.8 Å². The zero-order valence-electron chi connectivity index (χ0n) is 11.8. The minimum Gasteiger partial charge on any atom is -0.399 e. The molecule has 0 unspecified atom stereocenters. The minimum atomic E-state index is 0.858. The number of nitrogens with two attached hydrogens (primary N) is 1. The van der Waals surface area contributed by atoms with Crippen LogP contribution in [0.15, 0.2) is 29.2 Å². The first-order valence-electron chi connectivity index (χ1n) is 6.68. The van der Waals surface area contributed by atoms with E-state index < -0.39 is 0 Å². The molecule has 0 spiro atoms. The van der Waals surface area contributed by atoms with E-state index in [1.165, 1.54) is 16.3 Å². The average molecular weight is 275 g/mol. The number of benzene rings is 1. The second kappa shape index (κ2) is 6.15. The zero-order chi connectivity index (χ0) is 13.8. The molecule has 0 bridgehead atoms. The van der Waals surface area contributed by atoms with Crippen LogP contribution in [0.1, 0.15) is 30.8 Å². The zero-order valence-corrected chi connectivity index (χ0v) is 12.6. The Morgan fingerprint density at radius 3 is 2.68 bits per heavy atom. The second-order valence-electron chi connectivity index (χ2n) is 4.60. The Bertz CT molecular complexity index is 561. The predicted molar refractivity (Wildman–Crippen MR) is 82.4 cm³/mol. The van der Waals surface area contributed by atoms with Crippen molar-refractivity contribution in [2.24, 2.45) is 0 Å². The molecule has 0 aliphatic rings. The van der Waals surface area contributed by atoms with Crippen LogP contribution in [0.4, 0.5) is 5.69 Å². The highest BCUT2D eigenvalue weighted by molar-refractivity contribution is 7.98. The SMILES string of the molecule is CCc1cc(CSc2ccc(N)c(C)c2)n(CC)n1. The summed E-state index contributed by atoms with van der Waals surface area (Å²) in [5.74, 6) is 0.949. The first-order valence-corrected chi connectivity index (χ1v) is 7.67. The molecule has 0 amide bonds. The number of anilines is 1. The van der Waals surface area contributed by atoms with Crippen molar-refractivity contribution in [3.8, 4) is 0 Å². The molecule has 0 aliphatic heterocycles. The summed E-state index contributed by atoms with van der Waals surface area (Å²) in [4.78, 5) is 1.26. The summed E-state index contributed by atoms with van der Waals surface area (Å²) >= 11 is 1.83. The summed E-state index contributed by atoms with van der Waals surface area (Å²) < 4.78 is 2.09. The first-order chi connectivity index (χ1) is 9.13. The summed E-state index contributed by atoms with van der Waals surface area (Å²) in [6, 6.07) is 8.42. The molecule has 4 heteroatoms. The van der Waals surface area contributed by atoms with Crippen LogP contribution >= 0.6 is 11.8 Å². The third kappa shape index (κ3) is 3.32. The van der Waals surface area contributed by atoms with Crippen molar-refractivity contribution in [1.29, 1.82) is 0 Å². The van der Waals surface area contributed by atoms with E-state index >= 15 is 0 Å². The quantitative estimate of drug-likeness (QED) is 0.669. The molecule has 1 aromatic carbocycles. The van der Waals surface area contributed by atoms with Gasteiger partial charge in [0.25, 0.3) is 0 Å². The predicted octanol–water partition coefficient (Wildman–Crippen LogP) is 3.65. The van der Waals surface area contributed by atoms with E-state index in [1.54, 1.807) is 0 Å². The smallest absolute Gasteiger partial charge is 0.0625 e. The molecule has 0 radical (unpaired) electrons. The summed E-state index contributed by atoms with van der Waals surface area (Å²) in [5.41, 5.74) is 10.3. The maximum atomic E-state index is 5.84. The monoisotopic (exact) mass is 275 g/mol. The number of rotatable bonds is 5. The van der Waals surface area contributed by atoms with Crippen molar-refractivity contribution >= 4 is 17.4 Å². The van der Waals surface area contributed by atoms with Crippen LogP contribution in [-0.4, -0.2) is 9.78 Å². The molecule has 2 aromatic rings. The van der Waals surface area contributed by atoms with E-state index in [9.17, 15) is 0 Å². The van der Waals surface area contributed by atoms with E-state index in [2.05, 4.69) is 41.8 Å². The number of nitrogens with zero attached hydrogens (tertiary/aromatic N) is 2. The Kier molecular flexibility index (Phi) is 4.53. The van der Waals surface area contributed by atoms with Gasteiger partial charge >= 0.3 is 0 Å². The fourth-order valence-corrected chi connectivity index (χ4v) is 2.94. The van der Waals surface area contributed by atoms with Gasteiger partial charge in [0.2, 0.25) is 0 Å². The van der Waals surface area contributed by atoms with Crippen molar-refractivity contribution in [2.45, 2.75) is 44.4 Å². The number of hydrogen-bond donors (Lipinski definition) is 1. The van der Waals surface area contributed by atoms with E-state index in [1.807, 2.05) is 24.8 Å². The van der Waals surface area contributed by atoms with Gasteiger partial charge in [-0.05, 0) is 50.1 Å². The van der Waals surface area contributed by atoms with Crippen molar-refractivity contribution in [2.75, 3.05) is 5.73 Å². The summed E-state index contributed by atoms with van der Waals surface area (Å²) in [7, 11) is 0. The summed E-state index contributed by atoms with van der Waals surface area (Å²) in [5, 5.41) is 4.57. The topological polar surface area (TPSA) is 43.8 Å². The van der Waals surface area contributed by atoms with E-state index in [0.29, 0.717) is 0 Å². The molecule has 3 nitrogen and oxygen atoms in total. The van der Waals surface area contributed by atoms with Crippen LogP contribution in [-0.2, 0) is 18.7 Å². The molecule has 2 rings (SSSR count). The fraction of sp³-hybridized carbons (Fsp3) is 0.400. The van der Waals surface area contributed by atoms with Crippen LogP contribution in [0, 0.1) is 6.92 Å². The number of hydrogen-bond acceptors (Lipinski definition) is 3. The normalized spacial score (nSPS) is 10.9. The van der Waals surface area contributed by atoms with Crippen LogP contribution in [0.25, 0.3) is 0 Å². The number of nitrogen functional groups attached to an aromatic ring is 1. The standard InChI is InChI=1S/C15H21N3S/c1-4-12-9-13(18(5-2)17-12)10-19-14-6-7-15(16)11(3)8-14/h6-9H,4-5,10,16H2,1-3H3. The summed E-state index contributed by atoms with van der Waals surface area (Å²) in [6.45, 7) is 7.25. The fourth-order valence-electron chi connectivity index (χ4n) is 1.97. The van der Waals surface area contributed by atoms with Gasteiger partial charge in [0.1, 0.15) is 0 Å². The highest BCUT2D eigenvalue weighted by atomic mass is 32.2. The van der Waals surface area contributed by atoms with Gasteiger partial charge in [-0.1, -0.05) is 6.92 Å². The average Bonchev–Trinajstić information content (AvgIpc) is 2.82. The second-order valence-corrected chi connectivity index (χ2v) is 5.65. The number of thioether (sulfide) groups is 1. The van der Waals surface area contributed by atoms with Crippen LogP contribution in [0.2, 0.25) is 0 Å². The van der Waals surface area contributed by atoms with Gasteiger partial charge in [0.15, 0.2) is 0 Å². The molecule has 102 valence electrons. The molecule has 0 saturated heterocycles. The van der Waals surface area contributed by atoms with Gasteiger partial charge in [0.05, 0.1) is 5.69 Å². The third-order valence-corrected chi connectivity index (χ3v) is 4.23. The first kappa shape index (κ1) is 14.0. The molecular weight excluding hydrogens is 254 g/mol. The Balaban J connectivity index is 2.09. The lowest BCUT2D eigenvalue weighted by atomic mass is 10.2. The maximum Gasteiger partial charge on any atom is 0.0625 e. The Hall–Kier alpha value is -1.42. The van der Waals surface area contributed by atoms with Gasteiger partial charge in [-0.3, -0.25) is 4.68 Å². The van der Waals surface area contributed by atoms with Gasteiger partial charge < -0.3 is 5.73 Å². The molecule has 1 heterocycles. The van der Waals surface area contributed by atoms with Crippen LogP contribution in [0.3, 0.4) is 0 Å². The third-order valence-electron chi connectivity index (χ3n) is 3.20. The lowest BCUT2D eigenvalue weighted by Gasteiger charge is -2.06. The van der Waals surface area contributed by atoms with Gasteiger partial charge in [-0.25, -0.2) is 0 Å². The van der Waals surface area contributed by atoms with E-state index in [4.69, 9.17) is 5.73 Å². The Morgan fingerprint density at radius 2 is 2.05 bits per heavy atom. The maximum absolute atomic E-state index is 5.84. The van der Waals surface area contributed by atoms with Crippen molar-refractivity contribution in [3.63, 3.8) is 0 Å². The largest absolute Gasteiger partial charge is 0.399 e. The van der Waals surface area contributed by atoms with Crippen LogP contribution in [0.5, 0.6) is 0 Å². The molecule has 0 fully saturated rings. The van der Waals surface area contributed by atoms with Crippen LogP contribution < -0.4 is 5.73 Å². The molecule has 2 N–H and O–H groups in total. The Labute approximate surface area is 119 Å². The van der Waals surface area contributed by atoms with Crippen molar-refractivity contribution < 1.29 is 0 Å². The lowest BCUT2D eigenvalue weighted by Crippen LogP contribution is -2.01. The highest BCUT2D eigenvalue weighted by Gasteiger charge is 2.06. The molecular formula is C15H21N3S. The highest BCUT2D eigenvalue weighted by Crippen LogP contribution is 2.26. The number of aryl methyl sites for hydroxylation is 3. The van der Waals surface area contributed by atoms with Crippen molar-refractivity contribution in [1.82, 2.24) is 9.78 Å². The molecule has 1 aromatic heterocycles.